The highest BCUT2D eigenvalue weighted by atomic mass is 16.5. The van der Waals surface area contributed by atoms with E-state index in [1.54, 1.807) is 0 Å². The van der Waals surface area contributed by atoms with Gasteiger partial charge in [0.15, 0.2) is 0 Å². The van der Waals surface area contributed by atoms with Gasteiger partial charge in [0.05, 0.1) is 24.6 Å². The summed E-state index contributed by atoms with van der Waals surface area (Å²) in [6, 6.07) is 13.8. The summed E-state index contributed by atoms with van der Waals surface area (Å²) >= 11 is 0. The highest BCUT2D eigenvalue weighted by Crippen LogP contribution is 2.34. The predicted octanol–water partition coefficient (Wildman–Crippen LogP) is 4.37. The summed E-state index contributed by atoms with van der Waals surface area (Å²) in [6.45, 7) is 4.43. The summed E-state index contributed by atoms with van der Waals surface area (Å²) in [6.07, 6.45) is 7.99. The maximum absolute atomic E-state index is 14.1. The Kier molecular flexibility index (Phi) is 7.93. The van der Waals surface area contributed by atoms with Gasteiger partial charge < -0.3 is 20.3 Å². The topological polar surface area (TPSA) is 86.3 Å². The van der Waals surface area contributed by atoms with Gasteiger partial charge in [0.1, 0.15) is 0 Å². The Morgan fingerprint density at radius 3 is 2.59 bits per heavy atom. The number of para-hydroxylation sites is 1. The number of ether oxygens (including phenoxy) is 1. The van der Waals surface area contributed by atoms with E-state index in [2.05, 4.69) is 33.7 Å². The van der Waals surface area contributed by atoms with Crippen LogP contribution in [0.2, 0.25) is 0 Å². The van der Waals surface area contributed by atoms with Gasteiger partial charge in [0, 0.05) is 43.3 Å². The molecule has 206 valence electrons. The number of hydrogen-bond donors (Lipinski definition) is 2. The van der Waals surface area contributed by atoms with E-state index in [4.69, 9.17) is 9.73 Å². The first-order valence-electron chi connectivity index (χ1n) is 14.6. The van der Waals surface area contributed by atoms with Crippen molar-refractivity contribution in [2.24, 2.45) is 10.9 Å². The molecule has 2 aromatic carbocycles. The van der Waals surface area contributed by atoms with E-state index in [0.717, 1.165) is 87.2 Å². The lowest BCUT2D eigenvalue weighted by molar-refractivity contribution is -0.120. The highest BCUT2D eigenvalue weighted by Gasteiger charge is 2.35. The minimum atomic E-state index is -0.978. The molecule has 1 atom stereocenters. The smallest absolute Gasteiger partial charge is 0.321 e. The molecule has 1 saturated carbocycles. The van der Waals surface area contributed by atoms with Crippen molar-refractivity contribution in [3.8, 4) is 0 Å². The van der Waals surface area contributed by atoms with Crippen molar-refractivity contribution < 1.29 is 14.3 Å². The Morgan fingerprint density at radius 1 is 0.949 bits per heavy atom. The van der Waals surface area contributed by atoms with E-state index in [1.807, 2.05) is 29.2 Å². The van der Waals surface area contributed by atoms with E-state index in [-0.39, 0.29) is 11.8 Å². The summed E-state index contributed by atoms with van der Waals surface area (Å²) in [5.74, 6) is 0.0987. The summed E-state index contributed by atoms with van der Waals surface area (Å²) in [5.41, 5.74) is 6.26. The molecule has 2 aliphatic carbocycles. The second-order valence-electron chi connectivity index (χ2n) is 11.1. The molecule has 1 saturated heterocycles. The van der Waals surface area contributed by atoms with Crippen molar-refractivity contribution in [2.75, 3.05) is 49.6 Å². The normalized spacial score (nSPS) is 22.1. The van der Waals surface area contributed by atoms with Crippen molar-refractivity contribution in [1.29, 1.82) is 0 Å². The largest absolute Gasteiger partial charge is 0.379 e. The first-order chi connectivity index (χ1) is 19.2. The lowest BCUT2D eigenvalue weighted by Crippen LogP contribution is -2.51. The second-order valence-corrected chi connectivity index (χ2v) is 11.1. The predicted molar refractivity (Wildman–Crippen MR) is 154 cm³/mol. The zero-order valence-electron chi connectivity index (χ0n) is 22.7. The van der Waals surface area contributed by atoms with Gasteiger partial charge in [0.2, 0.25) is 6.17 Å². The molecular weight excluding hydrogens is 490 g/mol. The van der Waals surface area contributed by atoms with E-state index >= 15 is 0 Å². The number of urea groups is 1. The molecule has 0 spiro atoms. The molecule has 0 radical (unpaired) electrons. The van der Waals surface area contributed by atoms with Crippen LogP contribution in [0.15, 0.2) is 47.5 Å². The monoisotopic (exact) mass is 529 g/mol. The maximum Gasteiger partial charge on any atom is 0.321 e. The van der Waals surface area contributed by atoms with Crippen LogP contribution in [0, 0.1) is 5.92 Å². The number of fused-ring (bicyclic) bond motifs is 2. The van der Waals surface area contributed by atoms with Crippen LogP contribution in [0.5, 0.6) is 0 Å². The molecule has 2 aliphatic heterocycles. The number of benzene rings is 2. The van der Waals surface area contributed by atoms with Gasteiger partial charge >= 0.3 is 6.03 Å². The van der Waals surface area contributed by atoms with Crippen molar-refractivity contribution in [1.82, 2.24) is 10.2 Å². The molecule has 2 aromatic rings. The van der Waals surface area contributed by atoms with Crippen LogP contribution >= 0.6 is 0 Å². The lowest BCUT2D eigenvalue weighted by Gasteiger charge is -2.31. The third-order valence-corrected chi connectivity index (χ3v) is 8.60. The summed E-state index contributed by atoms with van der Waals surface area (Å²) < 4.78 is 5.51. The summed E-state index contributed by atoms with van der Waals surface area (Å²) in [5, 5.41) is 5.90. The quantitative estimate of drug-likeness (QED) is 0.582. The Hall–Kier alpha value is -3.23. The van der Waals surface area contributed by atoms with Gasteiger partial charge in [-0.15, -0.1) is 0 Å². The standard InChI is InChI=1S/C31H39N5O3/c37-30-29(34-31(38)32-25-14-13-22-9-6-10-24(22)21-25)33-28(23-7-2-1-3-8-23)26-11-4-5-12-27(26)36(30)16-15-35-17-19-39-20-18-35/h4-5,11-14,21,23,29H,1-3,6-10,15-20H2,(H2,32,34,38)/t29-/m0/s1. The van der Waals surface area contributed by atoms with E-state index in [0.29, 0.717) is 19.8 Å². The Balaban J connectivity index is 1.27. The molecule has 0 bridgehead atoms. The van der Waals surface area contributed by atoms with Crippen LogP contribution in [-0.4, -0.2) is 68.1 Å². The average Bonchev–Trinajstić information content (AvgIpc) is 3.40. The number of benzodiazepines with no additional fused rings is 1. The molecule has 2 N–H and O–H groups in total. The number of amides is 3. The maximum atomic E-state index is 14.1. The number of carbonyl (C=O) groups excluding carboxylic acids is 2. The first-order valence-corrected chi connectivity index (χ1v) is 14.6. The fourth-order valence-electron chi connectivity index (χ4n) is 6.49. The number of morpholine rings is 1. The number of nitrogens with zero attached hydrogens (tertiary/aromatic N) is 3. The summed E-state index contributed by atoms with van der Waals surface area (Å²) in [4.78, 5) is 36.5. The zero-order valence-corrected chi connectivity index (χ0v) is 22.7. The molecule has 0 aromatic heterocycles. The summed E-state index contributed by atoms with van der Waals surface area (Å²) in [7, 11) is 0. The van der Waals surface area contributed by atoms with E-state index in [9.17, 15) is 9.59 Å². The average molecular weight is 530 g/mol. The molecule has 0 unspecified atom stereocenters. The van der Waals surface area contributed by atoms with Crippen LogP contribution in [0.3, 0.4) is 0 Å². The molecular formula is C31H39N5O3. The Morgan fingerprint density at radius 2 is 1.74 bits per heavy atom. The molecule has 39 heavy (non-hydrogen) atoms. The second kappa shape index (κ2) is 11.9. The Labute approximate surface area is 230 Å². The van der Waals surface area contributed by atoms with Crippen LogP contribution in [0.4, 0.5) is 16.2 Å². The van der Waals surface area contributed by atoms with Gasteiger partial charge in [-0.2, -0.15) is 0 Å². The molecule has 8 nitrogen and oxygen atoms in total. The number of carbonyl (C=O) groups is 2. The number of nitrogens with one attached hydrogen (secondary N) is 2. The van der Waals surface area contributed by atoms with E-state index in [1.165, 1.54) is 17.5 Å². The third-order valence-electron chi connectivity index (χ3n) is 8.60. The van der Waals surface area contributed by atoms with Crippen LogP contribution in [-0.2, 0) is 22.4 Å². The van der Waals surface area contributed by atoms with Gasteiger partial charge in [-0.3, -0.25) is 14.7 Å². The SMILES string of the molecule is O=C(Nc1ccc2c(c1)CCC2)N[C@@H]1N=C(C2CCCCC2)c2ccccc2N(CCN2CCOCC2)C1=O. The zero-order chi connectivity index (χ0) is 26.6. The van der Waals surface area contributed by atoms with Gasteiger partial charge in [-0.05, 0) is 61.4 Å². The van der Waals surface area contributed by atoms with Crippen LogP contribution < -0.4 is 15.5 Å². The first kappa shape index (κ1) is 26.0. The number of hydrogen-bond acceptors (Lipinski definition) is 5. The van der Waals surface area contributed by atoms with Crippen molar-refractivity contribution >= 4 is 29.0 Å². The van der Waals surface area contributed by atoms with Gasteiger partial charge in [-0.25, -0.2) is 4.79 Å². The molecule has 2 heterocycles. The number of anilines is 2. The fourth-order valence-corrected chi connectivity index (χ4v) is 6.49. The number of rotatable bonds is 6. The Bertz CT molecular complexity index is 1230. The number of aliphatic imine (C=N–C) groups is 1. The minimum Gasteiger partial charge on any atom is -0.379 e. The third kappa shape index (κ3) is 5.87. The van der Waals surface area contributed by atoms with Crippen LogP contribution in [0.25, 0.3) is 0 Å². The molecule has 2 fully saturated rings. The van der Waals surface area contributed by atoms with E-state index < -0.39 is 12.2 Å². The van der Waals surface area contributed by atoms with Gasteiger partial charge in [-0.1, -0.05) is 43.5 Å². The van der Waals surface area contributed by atoms with Crippen LogP contribution in [0.1, 0.15) is 55.2 Å². The molecule has 3 amide bonds. The molecule has 6 rings (SSSR count). The van der Waals surface area contributed by atoms with Crippen molar-refractivity contribution in [3.63, 3.8) is 0 Å². The molecule has 8 heteroatoms. The molecule has 4 aliphatic rings. The number of aryl methyl sites for hydroxylation is 2. The van der Waals surface area contributed by atoms with Gasteiger partial charge in [0.25, 0.3) is 5.91 Å². The van der Waals surface area contributed by atoms with Crippen molar-refractivity contribution in [2.45, 2.75) is 57.5 Å². The van der Waals surface area contributed by atoms with Crippen molar-refractivity contribution in [3.05, 3.63) is 59.2 Å². The minimum absolute atomic E-state index is 0.189. The highest BCUT2D eigenvalue weighted by molar-refractivity contribution is 6.14. The fraction of sp³-hybridized carbons (Fsp3) is 0.516. The lowest BCUT2D eigenvalue weighted by atomic mass is 9.83.